The van der Waals surface area contributed by atoms with Gasteiger partial charge >= 0.3 is 5.63 Å². The van der Waals surface area contributed by atoms with Gasteiger partial charge in [-0.25, -0.2) is 4.79 Å². The average Bonchev–Trinajstić information content (AvgIpc) is 2.67. The van der Waals surface area contributed by atoms with Crippen LogP contribution in [0, 0.1) is 6.92 Å². The fourth-order valence-corrected chi connectivity index (χ4v) is 3.75. The maximum Gasteiger partial charge on any atom is 0.339 e. The molecule has 1 aromatic carbocycles. The normalized spacial score (nSPS) is 14.8. The van der Waals surface area contributed by atoms with Crippen molar-refractivity contribution in [1.29, 1.82) is 0 Å². The Kier molecular flexibility index (Phi) is 6.39. The molecule has 0 bridgehead atoms. The van der Waals surface area contributed by atoms with Crippen molar-refractivity contribution in [2.75, 3.05) is 27.2 Å². The molecule has 1 heterocycles. The first-order chi connectivity index (χ1) is 13.4. The van der Waals surface area contributed by atoms with Crippen molar-refractivity contribution in [3.05, 3.63) is 39.2 Å². The SMILES string of the molecule is Cc1c(OC(C)C(=O)NCCCN(C)C)ccc2c3c(c(=O)oc12)CCCC3. The minimum atomic E-state index is -0.625. The summed E-state index contributed by atoms with van der Waals surface area (Å²) in [6.07, 6.45) is 4.08. The van der Waals surface area contributed by atoms with E-state index in [4.69, 9.17) is 9.15 Å². The van der Waals surface area contributed by atoms with E-state index in [0.29, 0.717) is 17.9 Å². The zero-order chi connectivity index (χ0) is 20.3. The summed E-state index contributed by atoms with van der Waals surface area (Å²) in [5.41, 5.74) is 3.02. The summed E-state index contributed by atoms with van der Waals surface area (Å²) in [5, 5.41) is 3.89. The number of hydrogen-bond donors (Lipinski definition) is 1. The van der Waals surface area contributed by atoms with Gasteiger partial charge in [-0.3, -0.25) is 4.79 Å². The molecule has 1 aliphatic rings. The minimum absolute atomic E-state index is 0.148. The average molecular weight is 386 g/mol. The fourth-order valence-electron chi connectivity index (χ4n) is 3.75. The van der Waals surface area contributed by atoms with Crippen LogP contribution in [0.3, 0.4) is 0 Å². The smallest absolute Gasteiger partial charge is 0.339 e. The Balaban J connectivity index is 1.76. The van der Waals surface area contributed by atoms with E-state index in [-0.39, 0.29) is 11.5 Å². The second kappa shape index (κ2) is 8.78. The van der Waals surface area contributed by atoms with Gasteiger partial charge in [0.15, 0.2) is 6.10 Å². The molecule has 1 aromatic heterocycles. The van der Waals surface area contributed by atoms with Gasteiger partial charge in [0.2, 0.25) is 0 Å². The van der Waals surface area contributed by atoms with Crippen LogP contribution in [-0.4, -0.2) is 44.1 Å². The number of carbonyl (C=O) groups excluding carboxylic acids is 1. The van der Waals surface area contributed by atoms with Crippen molar-refractivity contribution in [1.82, 2.24) is 10.2 Å². The second-order valence-corrected chi connectivity index (χ2v) is 7.83. The van der Waals surface area contributed by atoms with E-state index < -0.39 is 6.10 Å². The van der Waals surface area contributed by atoms with Crippen molar-refractivity contribution in [3.8, 4) is 5.75 Å². The third kappa shape index (κ3) is 4.38. The number of hydrogen-bond acceptors (Lipinski definition) is 5. The van der Waals surface area contributed by atoms with E-state index in [0.717, 1.165) is 60.7 Å². The fraction of sp³-hybridized carbons (Fsp3) is 0.545. The quantitative estimate of drug-likeness (QED) is 0.585. The van der Waals surface area contributed by atoms with Crippen molar-refractivity contribution in [2.24, 2.45) is 0 Å². The number of nitrogens with zero attached hydrogens (tertiary/aromatic N) is 1. The van der Waals surface area contributed by atoms with E-state index in [2.05, 4.69) is 10.2 Å². The number of nitrogens with one attached hydrogen (secondary N) is 1. The van der Waals surface area contributed by atoms with Crippen molar-refractivity contribution < 1.29 is 13.9 Å². The second-order valence-electron chi connectivity index (χ2n) is 7.83. The summed E-state index contributed by atoms with van der Waals surface area (Å²) in [4.78, 5) is 26.8. The van der Waals surface area contributed by atoms with Crippen LogP contribution in [0.25, 0.3) is 11.0 Å². The molecule has 0 saturated heterocycles. The standard InChI is InChI=1S/C22H30N2O4/c1-14-19(27-15(2)21(25)23-12-7-13-24(3)4)11-10-17-16-8-5-6-9-18(16)22(26)28-20(14)17/h10-11,15H,5-9,12-13H2,1-4H3,(H,23,25). The first-order valence-electron chi connectivity index (χ1n) is 10.1. The van der Waals surface area contributed by atoms with Crippen LogP contribution < -0.4 is 15.7 Å². The lowest BCUT2D eigenvalue weighted by atomic mass is 9.90. The van der Waals surface area contributed by atoms with Crippen LogP contribution in [0.5, 0.6) is 5.75 Å². The van der Waals surface area contributed by atoms with E-state index in [1.165, 1.54) is 0 Å². The third-order valence-electron chi connectivity index (χ3n) is 5.34. The van der Waals surface area contributed by atoms with Gasteiger partial charge < -0.3 is 19.4 Å². The zero-order valence-electron chi connectivity index (χ0n) is 17.3. The lowest BCUT2D eigenvalue weighted by Crippen LogP contribution is -2.37. The summed E-state index contributed by atoms with van der Waals surface area (Å²) < 4.78 is 11.5. The summed E-state index contributed by atoms with van der Waals surface area (Å²) in [6.45, 7) is 5.14. The Morgan fingerprint density at radius 2 is 1.96 bits per heavy atom. The largest absolute Gasteiger partial charge is 0.480 e. The topological polar surface area (TPSA) is 71.8 Å². The Morgan fingerprint density at radius 1 is 1.25 bits per heavy atom. The summed E-state index contributed by atoms with van der Waals surface area (Å²) >= 11 is 0. The van der Waals surface area contributed by atoms with Gasteiger partial charge in [0.25, 0.3) is 5.91 Å². The highest BCUT2D eigenvalue weighted by atomic mass is 16.5. The third-order valence-corrected chi connectivity index (χ3v) is 5.34. The lowest BCUT2D eigenvalue weighted by molar-refractivity contribution is -0.127. The molecule has 1 atom stereocenters. The van der Waals surface area contributed by atoms with Crippen LogP contribution in [-0.2, 0) is 17.6 Å². The molecule has 28 heavy (non-hydrogen) atoms. The Morgan fingerprint density at radius 3 is 2.68 bits per heavy atom. The van der Waals surface area contributed by atoms with E-state index >= 15 is 0 Å². The first kappa shape index (κ1) is 20.4. The molecule has 1 amide bonds. The number of benzene rings is 1. The summed E-state index contributed by atoms with van der Waals surface area (Å²) in [5.74, 6) is 0.424. The molecule has 152 valence electrons. The molecule has 0 fully saturated rings. The maximum atomic E-state index is 12.4. The van der Waals surface area contributed by atoms with Gasteiger partial charge in [-0.05, 0) is 84.3 Å². The number of fused-ring (bicyclic) bond motifs is 3. The van der Waals surface area contributed by atoms with Gasteiger partial charge in [-0.2, -0.15) is 0 Å². The molecule has 6 nitrogen and oxygen atoms in total. The molecular weight excluding hydrogens is 356 g/mol. The van der Waals surface area contributed by atoms with Crippen LogP contribution in [0.15, 0.2) is 21.3 Å². The molecule has 6 heteroatoms. The lowest BCUT2D eigenvalue weighted by Gasteiger charge is -2.19. The number of carbonyl (C=O) groups is 1. The Hall–Kier alpha value is -2.34. The van der Waals surface area contributed by atoms with Crippen molar-refractivity contribution >= 4 is 16.9 Å². The van der Waals surface area contributed by atoms with Gasteiger partial charge in [-0.1, -0.05) is 0 Å². The van der Waals surface area contributed by atoms with Crippen LogP contribution >= 0.6 is 0 Å². The van der Waals surface area contributed by atoms with E-state index in [9.17, 15) is 9.59 Å². The summed E-state index contributed by atoms with van der Waals surface area (Å²) in [6, 6.07) is 3.83. The highest BCUT2D eigenvalue weighted by molar-refractivity contribution is 5.86. The molecule has 0 radical (unpaired) electrons. The molecular formula is C22H30N2O4. The molecule has 3 rings (SSSR count). The number of aryl methyl sites for hydroxylation is 2. The molecule has 0 spiro atoms. The molecule has 0 saturated carbocycles. The molecule has 2 aromatic rings. The van der Waals surface area contributed by atoms with Crippen LogP contribution in [0.2, 0.25) is 0 Å². The Bertz CT molecular complexity index is 917. The number of rotatable bonds is 7. The monoisotopic (exact) mass is 386 g/mol. The predicted octanol–water partition coefficient (Wildman–Crippen LogP) is 2.82. The molecule has 0 aliphatic heterocycles. The maximum absolute atomic E-state index is 12.4. The van der Waals surface area contributed by atoms with Crippen LogP contribution in [0.4, 0.5) is 0 Å². The minimum Gasteiger partial charge on any atom is -0.480 e. The molecule has 1 aliphatic carbocycles. The van der Waals surface area contributed by atoms with E-state index in [1.807, 2.05) is 33.2 Å². The van der Waals surface area contributed by atoms with Gasteiger partial charge in [0.05, 0.1) is 0 Å². The highest BCUT2D eigenvalue weighted by Gasteiger charge is 2.21. The number of amides is 1. The Labute approximate surface area is 165 Å². The van der Waals surface area contributed by atoms with Gasteiger partial charge in [0.1, 0.15) is 11.3 Å². The first-order valence-corrected chi connectivity index (χ1v) is 10.1. The highest BCUT2D eigenvalue weighted by Crippen LogP contribution is 2.32. The van der Waals surface area contributed by atoms with Crippen LogP contribution in [0.1, 0.15) is 42.9 Å². The molecule has 1 N–H and O–H groups in total. The predicted molar refractivity (Wildman–Crippen MR) is 110 cm³/mol. The number of ether oxygens (including phenoxy) is 1. The van der Waals surface area contributed by atoms with Crippen molar-refractivity contribution in [2.45, 2.75) is 52.1 Å². The summed E-state index contributed by atoms with van der Waals surface area (Å²) in [7, 11) is 4.01. The molecule has 1 unspecified atom stereocenters. The van der Waals surface area contributed by atoms with Gasteiger partial charge in [0, 0.05) is 23.1 Å². The van der Waals surface area contributed by atoms with Gasteiger partial charge in [-0.15, -0.1) is 0 Å². The zero-order valence-corrected chi connectivity index (χ0v) is 17.3. The van der Waals surface area contributed by atoms with Crippen molar-refractivity contribution in [3.63, 3.8) is 0 Å². The van der Waals surface area contributed by atoms with E-state index in [1.54, 1.807) is 6.92 Å².